The fourth-order valence-electron chi connectivity index (χ4n) is 2.67. The van der Waals surface area contributed by atoms with E-state index in [1.165, 1.54) is 0 Å². The number of carboxylic acids is 1. The molecule has 7 heteroatoms. The second-order valence-electron chi connectivity index (χ2n) is 6.79. The van der Waals surface area contributed by atoms with Gasteiger partial charge < -0.3 is 24.2 Å². The third kappa shape index (κ3) is 8.96. The molecule has 0 saturated carbocycles. The number of carbonyl (C=O) groups excluding carboxylic acids is 1. The molecule has 0 heterocycles. The van der Waals surface area contributed by atoms with Crippen molar-refractivity contribution in [3.8, 4) is 5.75 Å². The van der Waals surface area contributed by atoms with Gasteiger partial charge in [-0.3, -0.25) is 9.59 Å². The number of aliphatic carboxylic acids is 1. The highest BCUT2D eigenvalue weighted by atomic mass is 16.6. The minimum Gasteiger partial charge on any atom is -0.497 e. The van der Waals surface area contributed by atoms with Gasteiger partial charge in [-0.05, 0) is 44.8 Å². The number of benzene rings is 1. The topological polar surface area (TPSA) is 85.3 Å². The summed E-state index contributed by atoms with van der Waals surface area (Å²) in [4.78, 5) is 24.5. The summed E-state index contributed by atoms with van der Waals surface area (Å²) in [5, 5.41) is 8.73. The molecule has 0 amide bonds. The normalized spacial score (nSPS) is 13.0. The molecule has 164 valence electrons. The van der Waals surface area contributed by atoms with E-state index in [1.807, 2.05) is 62.3 Å². The van der Waals surface area contributed by atoms with E-state index < -0.39 is 18.0 Å². The zero-order chi connectivity index (χ0) is 22.5. The van der Waals surface area contributed by atoms with E-state index in [0.717, 1.165) is 16.9 Å². The number of hydrogen-bond acceptors (Lipinski definition) is 6. The third-order valence-electron chi connectivity index (χ3n) is 4.02. The number of nitrogens with zero attached hydrogens (tertiary/aromatic N) is 1. The van der Waals surface area contributed by atoms with Gasteiger partial charge in [-0.25, -0.2) is 0 Å². The Morgan fingerprint density at radius 3 is 2.37 bits per heavy atom. The van der Waals surface area contributed by atoms with E-state index in [0.29, 0.717) is 12.3 Å². The van der Waals surface area contributed by atoms with Crippen LogP contribution in [0, 0.1) is 0 Å². The van der Waals surface area contributed by atoms with Crippen molar-refractivity contribution >= 4 is 17.5 Å². The van der Waals surface area contributed by atoms with Crippen LogP contribution in [0.2, 0.25) is 0 Å². The molecule has 1 rings (SSSR count). The van der Waals surface area contributed by atoms with E-state index in [2.05, 4.69) is 6.58 Å². The molecule has 0 spiro atoms. The van der Waals surface area contributed by atoms with Crippen LogP contribution in [-0.4, -0.2) is 62.4 Å². The van der Waals surface area contributed by atoms with E-state index in [9.17, 15) is 9.59 Å². The van der Waals surface area contributed by atoms with Crippen molar-refractivity contribution in [2.24, 2.45) is 0 Å². The number of ether oxygens (including phenoxy) is 3. The van der Waals surface area contributed by atoms with Gasteiger partial charge in [-0.1, -0.05) is 30.9 Å². The van der Waals surface area contributed by atoms with Gasteiger partial charge in [0.15, 0.2) is 0 Å². The van der Waals surface area contributed by atoms with Gasteiger partial charge in [0.2, 0.25) is 0 Å². The summed E-state index contributed by atoms with van der Waals surface area (Å²) < 4.78 is 16.6. The van der Waals surface area contributed by atoms with Crippen LogP contribution in [0.4, 0.5) is 0 Å². The van der Waals surface area contributed by atoms with Crippen LogP contribution >= 0.6 is 0 Å². The first-order chi connectivity index (χ1) is 14.3. The first-order valence-electron chi connectivity index (χ1n) is 9.63. The van der Waals surface area contributed by atoms with Crippen molar-refractivity contribution in [3.05, 3.63) is 60.4 Å². The molecule has 0 aromatic heterocycles. The van der Waals surface area contributed by atoms with Crippen LogP contribution in [-0.2, 0) is 19.1 Å². The average molecular weight is 418 g/mol. The SMILES string of the molecule is C=C/C(=C(\C=C/C)OCC(CN(C)C)OC(=O)CCC(=O)O)c1ccc(OC)cc1. The monoisotopic (exact) mass is 417 g/mol. The standard InChI is InChI=1S/C23H31NO6/c1-6-8-21(20(7-2)17-9-11-18(28-5)12-10-17)29-16-19(15-24(3)4)30-23(27)14-13-22(25)26/h6-12,19H,2,13-16H2,1,3-5H3,(H,25,26)/b8-6-,21-20-. The molecule has 0 saturated heterocycles. The van der Waals surface area contributed by atoms with Crippen LogP contribution in [0.3, 0.4) is 0 Å². The van der Waals surface area contributed by atoms with Gasteiger partial charge in [-0.15, -0.1) is 0 Å². The molecular weight excluding hydrogens is 386 g/mol. The molecule has 1 aromatic rings. The number of carbonyl (C=O) groups is 2. The summed E-state index contributed by atoms with van der Waals surface area (Å²) in [6.45, 7) is 6.33. The lowest BCUT2D eigenvalue weighted by Gasteiger charge is -2.22. The van der Waals surface area contributed by atoms with E-state index in [1.54, 1.807) is 13.2 Å². The summed E-state index contributed by atoms with van der Waals surface area (Å²) >= 11 is 0. The predicted molar refractivity (Wildman–Crippen MR) is 116 cm³/mol. The Bertz CT molecular complexity index is 764. The average Bonchev–Trinajstić information content (AvgIpc) is 2.70. The Morgan fingerprint density at radius 1 is 1.20 bits per heavy atom. The van der Waals surface area contributed by atoms with E-state index in [4.69, 9.17) is 19.3 Å². The first-order valence-corrected chi connectivity index (χ1v) is 9.63. The number of likely N-dealkylation sites (N-methyl/N-ethyl adjacent to an activating group) is 1. The van der Waals surface area contributed by atoms with Crippen molar-refractivity contribution < 1.29 is 28.9 Å². The number of hydrogen-bond donors (Lipinski definition) is 1. The quantitative estimate of drug-likeness (QED) is 0.299. The molecule has 30 heavy (non-hydrogen) atoms. The lowest BCUT2D eigenvalue weighted by Crippen LogP contribution is -2.34. The molecule has 0 aliphatic rings. The Hall–Kier alpha value is -3.06. The van der Waals surface area contributed by atoms with Gasteiger partial charge in [0, 0.05) is 12.1 Å². The molecule has 0 radical (unpaired) electrons. The summed E-state index contributed by atoms with van der Waals surface area (Å²) in [5.74, 6) is -0.276. The first kappa shape index (κ1) is 25.0. The third-order valence-corrected chi connectivity index (χ3v) is 4.02. The molecule has 1 atom stereocenters. The largest absolute Gasteiger partial charge is 0.497 e. The highest BCUT2D eigenvalue weighted by Crippen LogP contribution is 2.24. The molecule has 0 bridgehead atoms. The second kappa shape index (κ2) is 13.2. The Balaban J connectivity index is 3.00. The highest BCUT2D eigenvalue weighted by molar-refractivity contribution is 5.77. The second-order valence-corrected chi connectivity index (χ2v) is 6.79. The molecule has 0 aliphatic carbocycles. The number of allylic oxidation sites excluding steroid dienone is 4. The minimum absolute atomic E-state index is 0.115. The fraction of sp³-hybridized carbons (Fsp3) is 0.391. The number of esters is 1. The van der Waals surface area contributed by atoms with Crippen molar-refractivity contribution in [1.29, 1.82) is 0 Å². The van der Waals surface area contributed by atoms with Crippen LogP contribution in [0.25, 0.3) is 5.57 Å². The van der Waals surface area contributed by atoms with Crippen molar-refractivity contribution in [2.75, 3.05) is 34.4 Å². The predicted octanol–water partition coefficient (Wildman–Crippen LogP) is 3.52. The molecule has 1 aromatic carbocycles. The molecule has 0 fully saturated rings. The van der Waals surface area contributed by atoms with Gasteiger partial charge in [0.1, 0.15) is 24.2 Å². The Morgan fingerprint density at radius 2 is 1.87 bits per heavy atom. The zero-order valence-electron chi connectivity index (χ0n) is 18.1. The van der Waals surface area contributed by atoms with Gasteiger partial charge in [0.25, 0.3) is 0 Å². The Labute approximate surface area is 178 Å². The summed E-state index contributed by atoms with van der Waals surface area (Å²) in [6.07, 6.45) is 4.37. The smallest absolute Gasteiger partial charge is 0.306 e. The van der Waals surface area contributed by atoms with E-state index in [-0.39, 0.29) is 19.4 Å². The van der Waals surface area contributed by atoms with Gasteiger partial charge in [-0.2, -0.15) is 0 Å². The molecule has 1 unspecified atom stereocenters. The van der Waals surface area contributed by atoms with Crippen molar-refractivity contribution in [1.82, 2.24) is 4.90 Å². The molecule has 1 N–H and O–H groups in total. The fourth-order valence-corrected chi connectivity index (χ4v) is 2.67. The van der Waals surface area contributed by atoms with Crippen molar-refractivity contribution in [2.45, 2.75) is 25.9 Å². The number of methoxy groups -OCH3 is 1. The number of carboxylic acid groups (broad SMARTS) is 1. The molecule has 0 aliphatic heterocycles. The van der Waals surface area contributed by atoms with Crippen LogP contribution < -0.4 is 4.74 Å². The van der Waals surface area contributed by atoms with Crippen LogP contribution in [0.5, 0.6) is 5.75 Å². The minimum atomic E-state index is -1.04. The van der Waals surface area contributed by atoms with Gasteiger partial charge >= 0.3 is 11.9 Å². The number of rotatable bonds is 13. The summed E-state index contributed by atoms with van der Waals surface area (Å²) in [5.41, 5.74) is 1.69. The highest BCUT2D eigenvalue weighted by Gasteiger charge is 2.18. The zero-order valence-corrected chi connectivity index (χ0v) is 18.1. The lowest BCUT2D eigenvalue weighted by molar-refractivity contribution is -0.154. The van der Waals surface area contributed by atoms with Crippen molar-refractivity contribution in [3.63, 3.8) is 0 Å². The Kier molecular flexibility index (Phi) is 11.0. The van der Waals surface area contributed by atoms with Crippen LogP contribution in [0.1, 0.15) is 25.3 Å². The summed E-state index contributed by atoms with van der Waals surface area (Å²) in [7, 11) is 5.32. The molecular formula is C23H31NO6. The van der Waals surface area contributed by atoms with Gasteiger partial charge in [0.05, 0.1) is 20.0 Å². The lowest BCUT2D eigenvalue weighted by atomic mass is 10.0. The van der Waals surface area contributed by atoms with E-state index >= 15 is 0 Å². The maximum atomic E-state index is 12.0. The van der Waals surface area contributed by atoms with Crippen LogP contribution in [0.15, 0.2) is 54.8 Å². The summed E-state index contributed by atoms with van der Waals surface area (Å²) in [6, 6.07) is 7.52. The maximum Gasteiger partial charge on any atom is 0.306 e. The molecule has 7 nitrogen and oxygen atoms in total. The maximum absolute atomic E-state index is 12.0.